The minimum atomic E-state index is -0.545. The van der Waals surface area contributed by atoms with Crippen LogP contribution in [-0.2, 0) is 11.3 Å². The number of carbonyl (C=O) groups excluding carboxylic acids is 1. The largest absolute Gasteiger partial charge is 0.504 e. The van der Waals surface area contributed by atoms with Crippen LogP contribution in [0.25, 0.3) is 22.7 Å². The highest BCUT2D eigenvalue weighted by Gasteiger charge is 2.28. The Hall–Kier alpha value is -4.83. The average molecular weight is 597 g/mol. The van der Waals surface area contributed by atoms with E-state index in [1.807, 2.05) is 81.4 Å². The van der Waals surface area contributed by atoms with Crippen LogP contribution in [0.5, 0.6) is 17.2 Å². The van der Waals surface area contributed by atoms with Crippen LogP contribution in [0.4, 0.5) is 10.5 Å². The van der Waals surface area contributed by atoms with Crippen LogP contribution in [0.2, 0.25) is 0 Å². The smallest absolute Gasteiger partial charge is 0.410 e. The monoisotopic (exact) mass is 596 g/mol. The maximum atomic E-state index is 12.6. The van der Waals surface area contributed by atoms with E-state index in [2.05, 4.69) is 15.1 Å². The maximum absolute atomic E-state index is 12.6. The number of ether oxygens (including phenoxy) is 3. The Labute approximate surface area is 256 Å². The van der Waals surface area contributed by atoms with Crippen LogP contribution < -0.4 is 9.47 Å². The third-order valence-corrected chi connectivity index (χ3v) is 7.39. The summed E-state index contributed by atoms with van der Waals surface area (Å²) in [4.78, 5) is 16.6. The zero-order chi connectivity index (χ0) is 30.7. The summed E-state index contributed by atoms with van der Waals surface area (Å²) in [6.07, 6.45) is 1.41. The Morgan fingerprint density at radius 3 is 2.43 bits per heavy atom. The second kappa shape index (κ2) is 12.4. The van der Waals surface area contributed by atoms with Gasteiger partial charge < -0.3 is 28.6 Å². The van der Waals surface area contributed by atoms with Crippen LogP contribution in [-0.4, -0.2) is 66.0 Å². The van der Waals surface area contributed by atoms with Crippen molar-refractivity contribution in [1.82, 2.24) is 9.80 Å². The summed E-state index contributed by atoms with van der Waals surface area (Å²) < 4.78 is 23.9. The van der Waals surface area contributed by atoms with Crippen LogP contribution in [0.15, 0.2) is 81.4 Å². The molecule has 0 unspecified atom stereocenters. The number of hydrogen-bond acceptors (Lipinski definition) is 9. The Morgan fingerprint density at radius 1 is 0.932 bits per heavy atom. The van der Waals surface area contributed by atoms with E-state index in [9.17, 15) is 9.90 Å². The highest BCUT2D eigenvalue weighted by molar-refractivity contribution is 5.95. The molecule has 1 amide bonds. The molecule has 0 atom stereocenters. The molecule has 1 aromatic heterocycles. The van der Waals surface area contributed by atoms with E-state index >= 15 is 0 Å². The third kappa shape index (κ3) is 6.55. The summed E-state index contributed by atoms with van der Waals surface area (Å²) in [6, 6.07) is 20.9. The number of fused-ring (bicyclic) bond motifs is 2. The van der Waals surface area contributed by atoms with Gasteiger partial charge in [0, 0.05) is 44.4 Å². The summed E-state index contributed by atoms with van der Waals surface area (Å²) in [6.45, 7) is 9.15. The molecule has 1 fully saturated rings. The molecule has 1 saturated heterocycles. The van der Waals surface area contributed by atoms with Crippen molar-refractivity contribution in [3.05, 3.63) is 83.6 Å². The van der Waals surface area contributed by atoms with Gasteiger partial charge in [-0.3, -0.25) is 4.90 Å². The first-order valence-corrected chi connectivity index (χ1v) is 14.8. The SMILES string of the molecule is CC(C)(C)OC(=O)N1CCN(Cc2c(OCCOc3ccccc3)ccc3c(O)c(C=C4N=Nc5ccccc54)oc23)CC1. The quantitative estimate of drug-likeness (QED) is 0.214. The van der Waals surface area contributed by atoms with Crippen molar-refractivity contribution >= 4 is 34.5 Å². The fraction of sp³-hybridized carbons (Fsp3) is 0.324. The van der Waals surface area contributed by atoms with Gasteiger partial charge in [0.1, 0.15) is 35.9 Å². The van der Waals surface area contributed by atoms with Gasteiger partial charge in [-0.2, -0.15) is 0 Å². The first-order chi connectivity index (χ1) is 21.2. The average Bonchev–Trinajstić information content (AvgIpc) is 3.57. The van der Waals surface area contributed by atoms with E-state index < -0.39 is 5.60 Å². The molecule has 2 aliphatic heterocycles. The number of piperazine rings is 1. The number of para-hydroxylation sites is 1. The fourth-order valence-electron chi connectivity index (χ4n) is 5.22. The van der Waals surface area contributed by atoms with Crippen molar-refractivity contribution in [2.75, 3.05) is 39.4 Å². The van der Waals surface area contributed by atoms with Crippen LogP contribution >= 0.6 is 0 Å². The van der Waals surface area contributed by atoms with E-state index in [1.165, 1.54) is 0 Å². The summed E-state index contributed by atoms with van der Waals surface area (Å²) >= 11 is 0. The number of benzene rings is 3. The topological polar surface area (TPSA) is 109 Å². The van der Waals surface area contributed by atoms with Gasteiger partial charge in [0.15, 0.2) is 11.5 Å². The molecule has 0 bridgehead atoms. The minimum Gasteiger partial charge on any atom is -0.504 e. The maximum Gasteiger partial charge on any atom is 0.410 e. The molecule has 0 spiro atoms. The summed E-state index contributed by atoms with van der Waals surface area (Å²) in [5, 5.41) is 20.3. The van der Waals surface area contributed by atoms with Crippen LogP contribution in [0.3, 0.4) is 0 Å². The lowest BCUT2D eigenvalue weighted by molar-refractivity contribution is 0.0138. The van der Waals surface area contributed by atoms with E-state index in [0.29, 0.717) is 74.1 Å². The first-order valence-electron chi connectivity index (χ1n) is 14.8. The lowest BCUT2D eigenvalue weighted by atomic mass is 10.1. The molecular formula is C34H36N4O6. The first kappa shape index (κ1) is 29.3. The van der Waals surface area contributed by atoms with Gasteiger partial charge in [0.05, 0.1) is 22.3 Å². The molecule has 2 aliphatic rings. The lowest BCUT2D eigenvalue weighted by Crippen LogP contribution is -2.49. The number of hydrogen-bond donors (Lipinski definition) is 1. The number of carbonyl (C=O) groups is 1. The molecule has 6 rings (SSSR count). The van der Waals surface area contributed by atoms with Gasteiger partial charge >= 0.3 is 6.09 Å². The number of furan rings is 1. The predicted octanol–water partition coefficient (Wildman–Crippen LogP) is 7.24. The van der Waals surface area contributed by atoms with E-state index in [4.69, 9.17) is 18.6 Å². The Kier molecular flexibility index (Phi) is 8.25. The second-order valence-electron chi connectivity index (χ2n) is 11.7. The van der Waals surface area contributed by atoms with E-state index in [1.54, 1.807) is 17.0 Å². The molecule has 3 aromatic carbocycles. The van der Waals surface area contributed by atoms with E-state index in [-0.39, 0.29) is 11.8 Å². The highest BCUT2D eigenvalue weighted by Crippen LogP contribution is 2.42. The van der Waals surface area contributed by atoms with Gasteiger partial charge in [0.2, 0.25) is 0 Å². The number of azo groups is 1. The highest BCUT2D eigenvalue weighted by atomic mass is 16.6. The molecule has 4 aromatic rings. The Morgan fingerprint density at radius 2 is 1.66 bits per heavy atom. The molecule has 10 nitrogen and oxygen atoms in total. The Bertz CT molecular complexity index is 1700. The molecule has 228 valence electrons. The lowest BCUT2D eigenvalue weighted by Gasteiger charge is -2.35. The van der Waals surface area contributed by atoms with Crippen molar-refractivity contribution in [3.63, 3.8) is 0 Å². The molecular weight excluding hydrogens is 560 g/mol. The minimum absolute atomic E-state index is 0.0297. The molecule has 3 heterocycles. The summed E-state index contributed by atoms with van der Waals surface area (Å²) in [7, 11) is 0. The Balaban J connectivity index is 1.25. The standard InChI is InChI=1S/C34H36N4O6/c1-34(2,3)44-33(40)38-17-15-37(16-18-38)22-26-29(42-20-19-41-23-9-5-4-6-10-23)14-13-25-31(39)30(43-32(25)26)21-28-24-11-7-8-12-27(24)35-36-28/h4-14,21,39H,15-20,22H2,1-3H3. The molecule has 44 heavy (non-hydrogen) atoms. The molecule has 0 saturated carbocycles. The van der Waals surface area contributed by atoms with Gasteiger partial charge in [-0.15, -0.1) is 10.2 Å². The number of rotatable bonds is 8. The molecule has 0 radical (unpaired) electrons. The zero-order valence-corrected chi connectivity index (χ0v) is 25.2. The normalized spacial score (nSPS) is 16.0. The molecule has 1 N–H and O–H groups in total. The van der Waals surface area contributed by atoms with Gasteiger partial charge in [-0.05, 0) is 51.1 Å². The number of amides is 1. The predicted molar refractivity (Wildman–Crippen MR) is 167 cm³/mol. The summed E-state index contributed by atoms with van der Waals surface area (Å²) in [5.41, 5.74) is 3.06. The molecule has 0 aliphatic carbocycles. The van der Waals surface area contributed by atoms with Crippen LogP contribution in [0, 0.1) is 0 Å². The van der Waals surface area contributed by atoms with Crippen molar-refractivity contribution in [1.29, 1.82) is 0 Å². The van der Waals surface area contributed by atoms with Crippen LogP contribution in [0.1, 0.15) is 37.7 Å². The van der Waals surface area contributed by atoms with Crippen molar-refractivity contribution in [3.8, 4) is 17.2 Å². The van der Waals surface area contributed by atoms with E-state index in [0.717, 1.165) is 22.6 Å². The second-order valence-corrected chi connectivity index (χ2v) is 11.7. The fourth-order valence-corrected chi connectivity index (χ4v) is 5.22. The summed E-state index contributed by atoms with van der Waals surface area (Å²) in [5.74, 6) is 1.74. The van der Waals surface area contributed by atoms with Gasteiger partial charge in [-0.25, -0.2) is 4.79 Å². The van der Waals surface area contributed by atoms with Crippen molar-refractivity contribution in [2.45, 2.75) is 32.9 Å². The molecule has 10 heteroatoms. The van der Waals surface area contributed by atoms with Gasteiger partial charge in [0.25, 0.3) is 0 Å². The van der Waals surface area contributed by atoms with Crippen molar-refractivity contribution in [2.24, 2.45) is 10.2 Å². The third-order valence-electron chi connectivity index (χ3n) is 7.39. The number of nitrogens with zero attached hydrogens (tertiary/aromatic N) is 4. The zero-order valence-electron chi connectivity index (χ0n) is 25.2. The van der Waals surface area contributed by atoms with Crippen molar-refractivity contribution < 1.29 is 28.5 Å². The number of aromatic hydroxyl groups is 1. The van der Waals surface area contributed by atoms with Gasteiger partial charge in [-0.1, -0.05) is 36.4 Å².